The maximum Gasteiger partial charge on any atom is 0.416 e. The fourth-order valence-electron chi connectivity index (χ4n) is 4.11. The molecule has 198 valence electrons. The van der Waals surface area contributed by atoms with Gasteiger partial charge in [-0.2, -0.15) is 18.3 Å². The lowest BCUT2D eigenvalue weighted by atomic mass is 10.1. The number of rotatable bonds is 8. The Bertz CT molecular complexity index is 1210. The third-order valence-electron chi connectivity index (χ3n) is 6.13. The number of benzene rings is 2. The Labute approximate surface area is 217 Å². The van der Waals surface area contributed by atoms with Gasteiger partial charge in [-0.05, 0) is 49.2 Å². The van der Waals surface area contributed by atoms with Crippen LogP contribution in [0.4, 0.5) is 18.9 Å². The molecule has 2 unspecified atom stereocenters. The predicted octanol–water partition coefficient (Wildman–Crippen LogP) is 5.09. The van der Waals surface area contributed by atoms with Crippen molar-refractivity contribution in [3.63, 3.8) is 0 Å². The molecule has 0 spiro atoms. The smallest absolute Gasteiger partial charge is 0.416 e. The molecule has 1 aromatic heterocycles. The second-order valence-electron chi connectivity index (χ2n) is 8.85. The number of anilines is 1. The highest BCUT2D eigenvalue weighted by atomic mass is 35.5. The molecular formula is C26H28ClF3N4O3. The second kappa shape index (κ2) is 11.5. The van der Waals surface area contributed by atoms with Crippen molar-refractivity contribution in [3.8, 4) is 17.0 Å². The van der Waals surface area contributed by atoms with E-state index in [9.17, 15) is 18.0 Å². The van der Waals surface area contributed by atoms with Crippen molar-refractivity contribution in [3.05, 3.63) is 64.8 Å². The highest BCUT2D eigenvalue weighted by Gasteiger charge is 2.30. The SMILES string of the molecule is CC(Oc1ccc(NC(=O)CCc2ccc(C(F)(F)F)cc2)cc1-c1c(Cl)cnn1C)C1CNCCO1. The molecule has 2 atom stereocenters. The second-order valence-corrected chi connectivity index (χ2v) is 9.26. The minimum Gasteiger partial charge on any atom is -0.487 e. The first-order chi connectivity index (χ1) is 17.6. The average Bonchev–Trinajstić information content (AvgIpc) is 3.21. The van der Waals surface area contributed by atoms with Crippen molar-refractivity contribution in [1.82, 2.24) is 15.1 Å². The van der Waals surface area contributed by atoms with Crippen molar-refractivity contribution in [2.45, 2.75) is 38.1 Å². The van der Waals surface area contributed by atoms with Crippen LogP contribution in [0.5, 0.6) is 5.75 Å². The zero-order valence-corrected chi connectivity index (χ0v) is 21.2. The Morgan fingerprint density at radius 3 is 2.68 bits per heavy atom. The van der Waals surface area contributed by atoms with Gasteiger partial charge in [0.25, 0.3) is 0 Å². The minimum atomic E-state index is -4.39. The molecule has 0 radical (unpaired) electrons. The number of carbonyl (C=O) groups excluding carboxylic acids is 1. The number of carbonyl (C=O) groups is 1. The highest BCUT2D eigenvalue weighted by molar-refractivity contribution is 6.33. The van der Waals surface area contributed by atoms with Crippen LogP contribution in [0.1, 0.15) is 24.5 Å². The lowest BCUT2D eigenvalue weighted by Gasteiger charge is -2.29. The number of hydrogen-bond acceptors (Lipinski definition) is 5. The lowest BCUT2D eigenvalue weighted by molar-refractivity contribution is -0.137. The zero-order valence-electron chi connectivity index (χ0n) is 20.4. The fourth-order valence-corrected chi connectivity index (χ4v) is 4.38. The number of aryl methyl sites for hydroxylation is 2. The summed E-state index contributed by atoms with van der Waals surface area (Å²) in [7, 11) is 1.76. The first-order valence-electron chi connectivity index (χ1n) is 11.9. The number of nitrogens with one attached hydrogen (secondary N) is 2. The zero-order chi connectivity index (χ0) is 26.6. The summed E-state index contributed by atoms with van der Waals surface area (Å²) < 4.78 is 52.0. The van der Waals surface area contributed by atoms with Crippen LogP contribution in [0.25, 0.3) is 11.3 Å². The third kappa shape index (κ3) is 6.82. The van der Waals surface area contributed by atoms with Gasteiger partial charge >= 0.3 is 6.18 Å². The van der Waals surface area contributed by atoms with E-state index in [1.807, 2.05) is 6.92 Å². The summed E-state index contributed by atoms with van der Waals surface area (Å²) in [6.07, 6.45) is -2.81. The summed E-state index contributed by atoms with van der Waals surface area (Å²) in [4.78, 5) is 12.6. The third-order valence-corrected chi connectivity index (χ3v) is 6.40. The number of ether oxygens (including phenoxy) is 2. The molecule has 2 aromatic carbocycles. The van der Waals surface area contributed by atoms with Crippen LogP contribution in [0.15, 0.2) is 48.7 Å². The van der Waals surface area contributed by atoms with Gasteiger partial charge in [0, 0.05) is 37.8 Å². The Balaban J connectivity index is 1.47. The van der Waals surface area contributed by atoms with Crippen molar-refractivity contribution < 1.29 is 27.4 Å². The van der Waals surface area contributed by atoms with E-state index in [1.165, 1.54) is 18.3 Å². The molecule has 3 aromatic rings. The maximum absolute atomic E-state index is 12.8. The first kappa shape index (κ1) is 27.0. The number of amides is 1. The number of halogens is 4. The van der Waals surface area contributed by atoms with Gasteiger partial charge in [0.1, 0.15) is 18.0 Å². The van der Waals surface area contributed by atoms with E-state index >= 15 is 0 Å². The van der Waals surface area contributed by atoms with Crippen LogP contribution in [0, 0.1) is 0 Å². The van der Waals surface area contributed by atoms with Crippen LogP contribution in [-0.2, 0) is 29.2 Å². The number of hydrogen-bond donors (Lipinski definition) is 2. The van der Waals surface area contributed by atoms with Gasteiger partial charge in [0.05, 0.1) is 29.1 Å². The van der Waals surface area contributed by atoms with E-state index in [0.29, 0.717) is 52.9 Å². The molecule has 4 rings (SSSR count). The van der Waals surface area contributed by atoms with E-state index in [2.05, 4.69) is 15.7 Å². The van der Waals surface area contributed by atoms with Crippen LogP contribution in [-0.4, -0.2) is 47.6 Å². The first-order valence-corrected chi connectivity index (χ1v) is 12.3. The normalized spacial score (nSPS) is 16.9. The lowest BCUT2D eigenvalue weighted by Crippen LogP contribution is -2.46. The molecular weight excluding hydrogens is 509 g/mol. The quantitative estimate of drug-likeness (QED) is 0.419. The number of nitrogens with zero attached hydrogens (tertiary/aromatic N) is 2. The Morgan fingerprint density at radius 2 is 2.05 bits per heavy atom. The molecule has 1 fully saturated rings. The van der Waals surface area contributed by atoms with Gasteiger partial charge in [-0.15, -0.1) is 0 Å². The minimum absolute atomic E-state index is 0.106. The molecule has 1 amide bonds. The van der Waals surface area contributed by atoms with E-state index in [1.54, 1.807) is 29.9 Å². The summed E-state index contributed by atoms with van der Waals surface area (Å²) >= 11 is 6.42. The number of aromatic nitrogens is 2. The number of alkyl halides is 3. The van der Waals surface area contributed by atoms with Gasteiger partial charge in [-0.3, -0.25) is 9.48 Å². The molecule has 37 heavy (non-hydrogen) atoms. The van der Waals surface area contributed by atoms with E-state index in [-0.39, 0.29) is 24.5 Å². The molecule has 0 aliphatic carbocycles. The molecule has 0 saturated carbocycles. The molecule has 1 aliphatic heterocycles. The van der Waals surface area contributed by atoms with Crippen LogP contribution in [0.3, 0.4) is 0 Å². The molecule has 11 heteroatoms. The topological polar surface area (TPSA) is 77.4 Å². The molecule has 1 aliphatic rings. The summed E-state index contributed by atoms with van der Waals surface area (Å²) in [6.45, 7) is 4.02. The van der Waals surface area contributed by atoms with Crippen molar-refractivity contribution in [2.24, 2.45) is 7.05 Å². The van der Waals surface area contributed by atoms with E-state index in [4.69, 9.17) is 21.1 Å². The standard InChI is InChI=1S/C26H28ClF3N4O3/c1-16(23-15-31-11-12-36-23)37-22-9-8-19(13-20(22)25-21(27)14-32-34(25)2)33-24(35)10-5-17-3-6-18(7-4-17)26(28,29)30/h3-4,6-9,13-14,16,23,31H,5,10-12,15H2,1-2H3,(H,33,35). The summed E-state index contributed by atoms with van der Waals surface area (Å²) in [5.74, 6) is 0.292. The highest BCUT2D eigenvalue weighted by Crippen LogP contribution is 2.37. The molecule has 7 nitrogen and oxygen atoms in total. The summed E-state index contributed by atoms with van der Waals surface area (Å²) in [5, 5.41) is 10.8. The van der Waals surface area contributed by atoms with E-state index in [0.717, 1.165) is 18.7 Å². The van der Waals surface area contributed by atoms with Crippen LogP contribution in [0.2, 0.25) is 5.02 Å². The van der Waals surface area contributed by atoms with Crippen LogP contribution >= 0.6 is 11.6 Å². The largest absolute Gasteiger partial charge is 0.487 e. The average molecular weight is 537 g/mol. The van der Waals surface area contributed by atoms with E-state index < -0.39 is 11.7 Å². The summed E-state index contributed by atoms with van der Waals surface area (Å²) in [6, 6.07) is 10.1. The Morgan fingerprint density at radius 1 is 1.30 bits per heavy atom. The Kier molecular flexibility index (Phi) is 8.41. The maximum atomic E-state index is 12.8. The van der Waals surface area contributed by atoms with Crippen molar-refractivity contribution >= 4 is 23.2 Å². The van der Waals surface area contributed by atoms with Gasteiger partial charge in [0.15, 0.2) is 0 Å². The molecule has 1 saturated heterocycles. The van der Waals surface area contributed by atoms with Crippen molar-refractivity contribution in [2.75, 3.05) is 25.0 Å². The molecule has 2 N–H and O–H groups in total. The molecule has 0 bridgehead atoms. The monoisotopic (exact) mass is 536 g/mol. The predicted molar refractivity (Wildman–Crippen MR) is 135 cm³/mol. The van der Waals surface area contributed by atoms with Crippen LogP contribution < -0.4 is 15.4 Å². The van der Waals surface area contributed by atoms with Crippen molar-refractivity contribution in [1.29, 1.82) is 0 Å². The fraction of sp³-hybridized carbons (Fsp3) is 0.385. The van der Waals surface area contributed by atoms with Gasteiger partial charge in [-0.1, -0.05) is 23.7 Å². The molecule has 2 heterocycles. The van der Waals surface area contributed by atoms with Gasteiger partial charge in [0.2, 0.25) is 5.91 Å². The van der Waals surface area contributed by atoms with Gasteiger partial charge in [-0.25, -0.2) is 0 Å². The summed E-state index contributed by atoms with van der Waals surface area (Å²) in [5.41, 5.74) is 1.74. The Hall–Kier alpha value is -3.08. The number of morpholine rings is 1. The van der Waals surface area contributed by atoms with Gasteiger partial charge < -0.3 is 20.1 Å².